The molecule has 2 aromatic carbocycles. The van der Waals surface area contributed by atoms with Crippen LogP contribution >= 0.6 is 0 Å². The number of benzene rings is 2. The first-order valence-corrected chi connectivity index (χ1v) is 7.47. The Kier molecular flexibility index (Phi) is 6.00. The van der Waals surface area contributed by atoms with Crippen LogP contribution < -0.4 is 15.5 Å². The van der Waals surface area contributed by atoms with Gasteiger partial charge < -0.3 is 10.1 Å². The van der Waals surface area contributed by atoms with E-state index in [0.717, 1.165) is 22.4 Å². The topological polar surface area (TPSA) is 59.6 Å². The molecule has 0 radical (unpaired) electrons. The molecule has 0 aliphatic rings. The molecule has 5 heteroatoms. The summed E-state index contributed by atoms with van der Waals surface area (Å²) in [5.41, 5.74) is 5.41. The lowest BCUT2D eigenvalue weighted by molar-refractivity contribution is 0.0483. The highest BCUT2D eigenvalue weighted by Crippen LogP contribution is 2.25. The molecule has 0 spiro atoms. The monoisotopic (exact) mass is 314 g/mol. The van der Waals surface area contributed by atoms with Gasteiger partial charge in [0, 0.05) is 5.56 Å². The smallest absolute Gasteiger partial charge is 0.339 e. The van der Waals surface area contributed by atoms with Crippen molar-refractivity contribution in [1.29, 1.82) is 0 Å². The van der Waals surface area contributed by atoms with Gasteiger partial charge in [-0.05, 0) is 25.5 Å². The van der Waals surface area contributed by atoms with Crippen LogP contribution in [-0.2, 0) is 11.4 Å². The Balaban J connectivity index is 1.86. The maximum atomic E-state index is 11.9. The number of nitrogens with one attached hydrogen (secondary N) is 2. The van der Waals surface area contributed by atoms with Crippen LogP contribution in [0.4, 0.5) is 4.79 Å². The molecule has 0 bridgehead atoms. The lowest BCUT2D eigenvalue weighted by Gasteiger charge is -2.18. The zero-order chi connectivity index (χ0) is 16.7. The lowest BCUT2D eigenvalue weighted by atomic mass is 10.0. The first-order chi connectivity index (χ1) is 11.1. The second-order valence-corrected chi connectivity index (χ2v) is 5.32. The fourth-order valence-corrected chi connectivity index (χ4v) is 2.26. The molecule has 0 heterocycles. The Morgan fingerprint density at radius 1 is 1.17 bits per heavy atom. The average Bonchev–Trinajstić information content (AvgIpc) is 2.55. The molecular weight excluding hydrogens is 292 g/mol. The first kappa shape index (κ1) is 16.8. The van der Waals surface area contributed by atoms with E-state index in [1.807, 2.05) is 62.4 Å². The number of carbonyl (C=O) groups excluding carboxylic acids is 1. The van der Waals surface area contributed by atoms with Crippen LogP contribution in [0.1, 0.15) is 29.7 Å². The molecule has 0 aliphatic heterocycles. The molecule has 5 nitrogen and oxygen atoms in total. The third-order valence-corrected chi connectivity index (χ3v) is 3.45. The van der Waals surface area contributed by atoms with Crippen molar-refractivity contribution in [1.82, 2.24) is 10.8 Å². The number of hydrogen-bond donors (Lipinski definition) is 2. The molecule has 0 saturated heterocycles. The Morgan fingerprint density at radius 3 is 2.61 bits per heavy atom. The zero-order valence-corrected chi connectivity index (χ0v) is 13.6. The van der Waals surface area contributed by atoms with Gasteiger partial charge in [0.1, 0.15) is 5.75 Å². The van der Waals surface area contributed by atoms with Crippen LogP contribution in [0.15, 0.2) is 48.5 Å². The normalized spacial score (nSPS) is 11.6. The van der Waals surface area contributed by atoms with Crippen molar-refractivity contribution >= 4 is 6.03 Å². The largest absolute Gasteiger partial charge is 0.496 e. The van der Waals surface area contributed by atoms with Crippen molar-refractivity contribution in [3.05, 3.63) is 65.2 Å². The SMILES string of the molecule is COc1ccc(C)cc1C(C)NC(=O)NOCc1ccccc1. The molecule has 1 atom stereocenters. The fourth-order valence-electron chi connectivity index (χ4n) is 2.26. The van der Waals surface area contributed by atoms with Gasteiger partial charge in [-0.25, -0.2) is 10.3 Å². The van der Waals surface area contributed by atoms with Gasteiger partial charge in [-0.15, -0.1) is 0 Å². The summed E-state index contributed by atoms with van der Waals surface area (Å²) in [7, 11) is 1.62. The highest BCUT2D eigenvalue weighted by atomic mass is 16.7. The zero-order valence-electron chi connectivity index (χ0n) is 13.6. The summed E-state index contributed by atoms with van der Waals surface area (Å²) in [5, 5.41) is 2.83. The number of methoxy groups -OCH3 is 1. The van der Waals surface area contributed by atoms with Crippen molar-refractivity contribution < 1.29 is 14.4 Å². The van der Waals surface area contributed by atoms with E-state index in [1.165, 1.54) is 0 Å². The predicted octanol–water partition coefficient (Wildman–Crippen LogP) is 3.50. The maximum Gasteiger partial charge on any atom is 0.339 e. The van der Waals surface area contributed by atoms with E-state index in [0.29, 0.717) is 6.61 Å². The Labute approximate surface area is 136 Å². The number of hydrogen-bond acceptors (Lipinski definition) is 3. The molecule has 2 N–H and O–H groups in total. The van der Waals surface area contributed by atoms with Crippen molar-refractivity contribution in [3.8, 4) is 5.75 Å². The summed E-state index contributed by atoms with van der Waals surface area (Å²) in [5.74, 6) is 0.744. The van der Waals surface area contributed by atoms with Crippen molar-refractivity contribution in [2.45, 2.75) is 26.5 Å². The standard InChI is InChI=1S/C18H22N2O3/c1-13-9-10-17(22-3)16(11-13)14(2)19-18(21)20-23-12-15-7-5-4-6-8-15/h4-11,14H,12H2,1-3H3,(H2,19,20,21). The summed E-state index contributed by atoms with van der Waals surface area (Å²) >= 11 is 0. The second kappa shape index (κ2) is 8.19. The van der Waals surface area contributed by atoms with Crippen molar-refractivity contribution in [2.24, 2.45) is 0 Å². The van der Waals surface area contributed by atoms with Crippen LogP contribution in [-0.4, -0.2) is 13.1 Å². The lowest BCUT2D eigenvalue weighted by Crippen LogP contribution is -2.37. The van der Waals surface area contributed by atoms with E-state index in [-0.39, 0.29) is 6.04 Å². The van der Waals surface area contributed by atoms with Gasteiger partial charge in [-0.2, -0.15) is 0 Å². The highest BCUT2D eigenvalue weighted by Gasteiger charge is 2.14. The maximum absolute atomic E-state index is 11.9. The van der Waals surface area contributed by atoms with Gasteiger partial charge >= 0.3 is 6.03 Å². The molecule has 2 rings (SSSR count). The fraction of sp³-hybridized carbons (Fsp3) is 0.278. The number of rotatable bonds is 6. The predicted molar refractivity (Wildman–Crippen MR) is 89.0 cm³/mol. The Bertz CT molecular complexity index is 644. The number of carbonyl (C=O) groups is 1. The minimum atomic E-state index is -0.392. The third-order valence-electron chi connectivity index (χ3n) is 3.45. The second-order valence-electron chi connectivity index (χ2n) is 5.32. The molecule has 23 heavy (non-hydrogen) atoms. The summed E-state index contributed by atoms with van der Waals surface area (Å²) in [6, 6.07) is 14.9. The number of hydroxylamine groups is 1. The van der Waals surface area contributed by atoms with Gasteiger partial charge in [0.25, 0.3) is 0 Å². The molecule has 2 amide bonds. The van der Waals surface area contributed by atoms with E-state index < -0.39 is 6.03 Å². The minimum absolute atomic E-state index is 0.204. The minimum Gasteiger partial charge on any atom is -0.496 e. The van der Waals surface area contributed by atoms with Gasteiger partial charge in [-0.1, -0.05) is 48.0 Å². The molecule has 122 valence electrons. The summed E-state index contributed by atoms with van der Waals surface area (Å²) < 4.78 is 5.34. The molecule has 1 unspecified atom stereocenters. The van der Waals surface area contributed by atoms with Crippen LogP contribution in [0.3, 0.4) is 0 Å². The summed E-state index contributed by atoms with van der Waals surface area (Å²) in [6.45, 7) is 4.21. The number of urea groups is 1. The molecule has 0 aliphatic carbocycles. The number of amides is 2. The van der Waals surface area contributed by atoms with E-state index in [1.54, 1.807) is 7.11 Å². The Hall–Kier alpha value is -2.53. The molecule has 0 fully saturated rings. The highest BCUT2D eigenvalue weighted by molar-refractivity contribution is 5.73. The van der Waals surface area contributed by atoms with Crippen LogP contribution in [0.25, 0.3) is 0 Å². The van der Waals surface area contributed by atoms with Gasteiger partial charge in [0.05, 0.1) is 19.8 Å². The van der Waals surface area contributed by atoms with Crippen LogP contribution in [0.5, 0.6) is 5.75 Å². The first-order valence-electron chi connectivity index (χ1n) is 7.47. The summed E-state index contributed by atoms with van der Waals surface area (Å²) in [4.78, 5) is 17.1. The van der Waals surface area contributed by atoms with Gasteiger partial charge in [-0.3, -0.25) is 4.84 Å². The van der Waals surface area contributed by atoms with E-state index in [2.05, 4.69) is 10.8 Å². The third kappa shape index (κ3) is 5.00. The van der Waals surface area contributed by atoms with Crippen LogP contribution in [0, 0.1) is 6.92 Å². The van der Waals surface area contributed by atoms with Crippen LogP contribution in [0.2, 0.25) is 0 Å². The molecule has 0 saturated carbocycles. The molecule has 2 aromatic rings. The Morgan fingerprint density at radius 2 is 1.91 bits per heavy atom. The summed E-state index contributed by atoms with van der Waals surface area (Å²) in [6.07, 6.45) is 0. The van der Waals surface area contributed by atoms with E-state index in [9.17, 15) is 4.79 Å². The quantitative estimate of drug-likeness (QED) is 0.802. The molecular formula is C18H22N2O3. The van der Waals surface area contributed by atoms with E-state index >= 15 is 0 Å². The van der Waals surface area contributed by atoms with Gasteiger partial charge in [0.2, 0.25) is 0 Å². The average molecular weight is 314 g/mol. The molecule has 0 aromatic heterocycles. The number of aryl methyl sites for hydroxylation is 1. The van der Waals surface area contributed by atoms with Crippen molar-refractivity contribution in [2.75, 3.05) is 7.11 Å². The van der Waals surface area contributed by atoms with Gasteiger partial charge in [0.15, 0.2) is 0 Å². The van der Waals surface area contributed by atoms with E-state index in [4.69, 9.17) is 9.57 Å². The van der Waals surface area contributed by atoms with Crippen molar-refractivity contribution in [3.63, 3.8) is 0 Å². The number of ether oxygens (including phenoxy) is 1.